The van der Waals surface area contributed by atoms with Crippen LogP contribution < -0.4 is 10.6 Å². The number of nitrogens with one attached hydrogen (secondary N) is 2. The van der Waals surface area contributed by atoms with E-state index in [1.165, 1.54) is 64.5 Å². The number of guanidine groups is 1. The van der Waals surface area contributed by atoms with Crippen LogP contribution in [0.3, 0.4) is 0 Å². The monoisotopic (exact) mass is 480 g/mol. The highest BCUT2D eigenvalue weighted by molar-refractivity contribution is 14.0. The number of hydrogen-bond acceptors (Lipinski definition) is 4. The van der Waals surface area contributed by atoms with Crippen LogP contribution in [0.25, 0.3) is 0 Å². The molecule has 0 aromatic carbocycles. The van der Waals surface area contributed by atoms with Crippen molar-refractivity contribution in [3.8, 4) is 0 Å². The van der Waals surface area contributed by atoms with Crippen molar-refractivity contribution in [1.82, 2.24) is 15.5 Å². The summed E-state index contributed by atoms with van der Waals surface area (Å²) in [7, 11) is 1.85. The average Bonchev–Trinajstić information content (AvgIpc) is 2.70. The van der Waals surface area contributed by atoms with Gasteiger partial charge in [-0.2, -0.15) is 0 Å². The van der Waals surface area contributed by atoms with Crippen molar-refractivity contribution in [1.29, 1.82) is 0 Å². The van der Waals surface area contributed by atoms with E-state index in [0.717, 1.165) is 19.0 Å². The summed E-state index contributed by atoms with van der Waals surface area (Å²) in [5, 5.41) is 7.03. The second kappa shape index (κ2) is 11.7. The van der Waals surface area contributed by atoms with Crippen molar-refractivity contribution in [2.24, 2.45) is 4.99 Å². The molecule has 7 heteroatoms. The zero-order valence-electron chi connectivity index (χ0n) is 16.3. The summed E-state index contributed by atoms with van der Waals surface area (Å²) in [6, 6.07) is 0. The quantitative estimate of drug-likeness (QED) is 0.360. The van der Waals surface area contributed by atoms with E-state index in [1.807, 2.05) is 7.05 Å². The fraction of sp³-hybridized carbons (Fsp3) is 0.947. The maximum Gasteiger partial charge on any atom is 0.191 e. The van der Waals surface area contributed by atoms with E-state index >= 15 is 0 Å². The molecule has 2 N–H and O–H groups in total. The Bertz CT molecular complexity index is 418. The minimum absolute atomic E-state index is 0. The van der Waals surface area contributed by atoms with Crippen LogP contribution in [-0.2, 0) is 9.47 Å². The lowest BCUT2D eigenvalue weighted by atomic mass is 9.79. The first-order valence-corrected chi connectivity index (χ1v) is 10.2. The first-order valence-electron chi connectivity index (χ1n) is 10.2. The Morgan fingerprint density at radius 1 is 1.04 bits per heavy atom. The van der Waals surface area contributed by atoms with Crippen molar-refractivity contribution in [2.75, 3.05) is 53.0 Å². The molecule has 1 unspecified atom stereocenters. The van der Waals surface area contributed by atoms with Gasteiger partial charge >= 0.3 is 0 Å². The van der Waals surface area contributed by atoms with Gasteiger partial charge in [-0.1, -0.05) is 25.7 Å². The lowest BCUT2D eigenvalue weighted by molar-refractivity contribution is -0.0850. The summed E-state index contributed by atoms with van der Waals surface area (Å²) in [5.74, 6) is 0.885. The summed E-state index contributed by atoms with van der Waals surface area (Å²) in [6.07, 6.45) is 11.0. The van der Waals surface area contributed by atoms with Crippen LogP contribution >= 0.6 is 24.0 Å². The smallest absolute Gasteiger partial charge is 0.191 e. The highest BCUT2D eigenvalue weighted by Gasteiger charge is 2.38. The first kappa shape index (κ1) is 22.2. The van der Waals surface area contributed by atoms with Crippen molar-refractivity contribution in [2.45, 2.75) is 63.0 Å². The predicted octanol–water partition coefficient (Wildman–Crippen LogP) is 2.37. The standard InChI is InChI=1S/C19H36N4O2.HI/c1-20-18(21-14-17-15-24-12-13-25-17)22-16-19(8-4-2-5-9-19)23-10-6-3-7-11-23;/h17H,2-16H2,1H3,(H2,20,21,22);1H. The SMILES string of the molecule is CN=C(NCC1COCCO1)NCC1(N2CCCCC2)CCCCC1.I. The Morgan fingerprint density at radius 2 is 1.77 bits per heavy atom. The molecule has 1 saturated carbocycles. The molecule has 0 bridgehead atoms. The first-order chi connectivity index (χ1) is 12.3. The number of likely N-dealkylation sites (tertiary alicyclic amines) is 1. The molecule has 0 radical (unpaired) electrons. The number of halogens is 1. The Kier molecular flexibility index (Phi) is 9.94. The fourth-order valence-electron chi connectivity index (χ4n) is 4.52. The Balaban J connectivity index is 0.00000243. The van der Waals surface area contributed by atoms with Crippen molar-refractivity contribution < 1.29 is 9.47 Å². The lowest BCUT2D eigenvalue weighted by Crippen LogP contribution is -2.59. The molecule has 3 fully saturated rings. The highest BCUT2D eigenvalue weighted by atomic mass is 127. The predicted molar refractivity (Wildman–Crippen MR) is 117 cm³/mol. The summed E-state index contributed by atoms with van der Waals surface area (Å²) in [5.41, 5.74) is 0.320. The molecule has 1 atom stereocenters. The van der Waals surface area contributed by atoms with E-state index in [0.29, 0.717) is 25.4 Å². The van der Waals surface area contributed by atoms with E-state index in [4.69, 9.17) is 9.47 Å². The van der Waals surface area contributed by atoms with Crippen LogP contribution in [0.2, 0.25) is 0 Å². The molecule has 2 saturated heterocycles. The number of hydrogen-bond donors (Lipinski definition) is 2. The normalized spacial score (nSPS) is 27.4. The Morgan fingerprint density at radius 3 is 2.42 bits per heavy atom. The lowest BCUT2D eigenvalue weighted by Gasteiger charge is -2.48. The number of ether oxygens (including phenoxy) is 2. The maximum absolute atomic E-state index is 5.70. The van der Waals surface area contributed by atoms with Gasteiger partial charge in [-0.05, 0) is 38.8 Å². The number of rotatable bonds is 5. The molecule has 152 valence electrons. The van der Waals surface area contributed by atoms with E-state index in [2.05, 4.69) is 20.5 Å². The minimum Gasteiger partial charge on any atom is -0.376 e. The summed E-state index contributed by atoms with van der Waals surface area (Å²) in [6.45, 7) is 6.34. The van der Waals surface area contributed by atoms with Gasteiger partial charge in [0.1, 0.15) is 0 Å². The molecular weight excluding hydrogens is 443 g/mol. The Labute approximate surface area is 175 Å². The summed E-state index contributed by atoms with van der Waals surface area (Å²) >= 11 is 0. The molecule has 0 spiro atoms. The zero-order valence-corrected chi connectivity index (χ0v) is 18.6. The molecule has 0 aromatic heterocycles. The van der Waals surface area contributed by atoms with Gasteiger partial charge in [0.2, 0.25) is 0 Å². The van der Waals surface area contributed by atoms with Crippen LogP contribution in [0.15, 0.2) is 4.99 Å². The summed E-state index contributed by atoms with van der Waals surface area (Å²) in [4.78, 5) is 7.18. The van der Waals surface area contributed by atoms with E-state index < -0.39 is 0 Å². The second-order valence-corrected chi connectivity index (χ2v) is 7.71. The molecule has 3 rings (SSSR count). The molecule has 3 aliphatic rings. The second-order valence-electron chi connectivity index (χ2n) is 7.71. The topological polar surface area (TPSA) is 58.1 Å². The van der Waals surface area contributed by atoms with Crippen molar-refractivity contribution in [3.63, 3.8) is 0 Å². The largest absolute Gasteiger partial charge is 0.376 e. The number of piperidine rings is 1. The van der Waals surface area contributed by atoms with Gasteiger partial charge in [0.15, 0.2) is 5.96 Å². The van der Waals surface area contributed by atoms with Crippen molar-refractivity contribution >= 4 is 29.9 Å². The van der Waals surface area contributed by atoms with Gasteiger partial charge in [0.05, 0.1) is 25.9 Å². The van der Waals surface area contributed by atoms with Crippen LogP contribution in [0.4, 0.5) is 0 Å². The average molecular weight is 480 g/mol. The van der Waals surface area contributed by atoms with E-state index in [-0.39, 0.29) is 30.1 Å². The zero-order chi connectivity index (χ0) is 17.4. The maximum atomic E-state index is 5.70. The number of aliphatic imine (C=N–C) groups is 1. The summed E-state index contributed by atoms with van der Waals surface area (Å²) < 4.78 is 11.2. The van der Waals surface area contributed by atoms with Crippen molar-refractivity contribution in [3.05, 3.63) is 0 Å². The minimum atomic E-state index is 0. The molecule has 2 aliphatic heterocycles. The molecule has 6 nitrogen and oxygen atoms in total. The molecule has 0 amide bonds. The molecular formula is C19H37IN4O2. The number of nitrogens with zero attached hydrogens (tertiary/aromatic N) is 2. The van der Waals surface area contributed by atoms with Gasteiger partial charge in [0, 0.05) is 25.7 Å². The highest BCUT2D eigenvalue weighted by Crippen LogP contribution is 2.35. The molecule has 1 aliphatic carbocycles. The van der Waals surface area contributed by atoms with Crippen LogP contribution in [0.1, 0.15) is 51.4 Å². The van der Waals surface area contributed by atoms with Gasteiger partial charge < -0.3 is 20.1 Å². The molecule has 2 heterocycles. The van der Waals surface area contributed by atoms with Gasteiger partial charge in [-0.15, -0.1) is 24.0 Å². The van der Waals surface area contributed by atoms with Crippen LogP contribution in [0, 0.1) is 0 Å². The third-order valence-corrected chi connectivity index (χ3v) is 6.00. The molecule has 26 heavy (non-hydrogen) atoms. The third kappa shape index (κ3) is 6.21. The third-order valence-electron chi connectivity index (χ3n) is 6.00. The van der Waals surface area contributed by atoms with Gasteiger partial charge in [0.25, 0.3) is 0 Å². The fourth-order valence-corrected chi connectivity index (χ4v) is 4.52. The van der Waals surface area contributed by atoms with Gasteiger partial charge in [-0.25, -0.2) is 0 Å². The van der Waals surface area contributed by atoms with Gasteiger partial charge in [-0.3, -0.25) is 9.89 Å². The van der Waals surface area contributed by atoms with E-state index in [9.17, 15) is 0 Å². The van der Waals surface area contributed by atoms with Crippen LogP contribution in [-0.4, -0.2) is 75.5 Å². The van der Waals surface area contributed by atoms with Crippen LogP contribution in [0.5, 0.6) is 0 Å². The molecule has 0 aromatic rings. The van der Waals surface area contributed by atoms with E-state index in [1.54, 1.807) is 0 Å². The Hall–Kier alpha value is -0.120.